The zero-order valence-corrected chi connectivity index (χ0v) is 15.4. The molecule has 0 atom stereocenters. The number of nitrogens with one attached hydrogen (secondary N) is 1. The van der Waals surface area contributed by atoms with Crippen molar-refractivity contribution in [2.75, 3.05) is 17.3 Å². The van der Waals surface area contributed by atoms with E-state index in [4.69, 9.17) is 0 Å². The van der Waals surface area contributed by atoms with Crippen LogP contribution < -0.4 is 10.2 Å². The molecule has 4 nitrogen and oxygen atoms in total. The molecule has 1 amide bonds. The molecule has 0 saturated carbocycles. The first-order valence-corrected chi connectivity index (χ1v) is 8.62. The number of hydrogen-bond acceptors (Lipinski definition) is 3. The van der Waals surface area contributed by atoms with E-state index in [0.717, 1.165) is 29.0 Å². The third-order valence-corrected chi connectivity index (χ3v) is 4.54. The van der Waals surface area contributed by atoms with Crippen LogP contribution in [0, 0.1) is 13.8 Å². The quantitative estimate of drug-likeness (QED) is 0.736. The van der Waals surface area contributed by atoms with E-state index in [1.54, 1.807) is 12.4 Å². The van der Waals surface area contributed by atoms with Crippen molar-refractivity contribution in [2.45, 2.75) is 20.4 Å². The summed E-state index contributed by atoms with van der Waals surface area (Å²) in [7, 11) is 2.00. The molecule has 0 saturated heterocycles. The minimum atomic E-state index is -0.152. The molecule has 4 heteroatoms. The van der Waals surface area contributed by atoms with Gasteiger partial charge in [0, 0.05) is 25.5 Å². The Kier molecular flexibility index (Phi) is 5.32. The largest absolute Gasteiger partial charge is 0.369 e. The van der Waals surface area contributed by atoms with Crippen LogP contribution in [0.5, 0.6) is 0 Å². The number of anilines is 2. The Morgan fingerprint density at radius 3 is 2.58 bits per heavy atom. The predicted octanol–water partition coefficient (Wildman–Crippen LogP) is 4.59. The van der Waals surface area contributed by atoms with Crippen LogP contribution in [0.2, 0.25) is 0 Å². The van der Waals surface area contributed by atoms with Crippen LogP contribution in [-0.4, -0.2) is 17.9 Å². The summed E-state index contributed by atoms with van der Waals surface area (Å²) in [5.41, 5.74) is 5.72. The summed E-state index contributed by atoms with van der Waals surface area (Å²) in [4.78, 5) is 19.0. The lowest BCUT2D eigenvalue weighted by molar-refractivity contribution is 0.102. The molecule has 0 unspecified atom stereocenters. The van der Waals surface area contributed by atoms with Crippen LogP contribution in [0.15, 0.2) is 67.0 Å². The smallest absolute Gasteiger partial charge is 0.257 e. The van der Waals surface area contributed by atoms with E-state index in [-0.39, 0.29) is 5.91 Å². The number of pyridine rings is 1. The molecule has 1 heterocycles. The first-order valence-electron chi connectivity index (χ1n) is 8.62. The van der Waals surface area contributed by atoms with Crippen LogP contribution >= 0.6 is 0 Å². The number of hydrogen-bond donors (Lipinski definition) is 1. The Balaban J connectivity index is 1.76. The number of nitrogens with zero attached hydrogens (tertiary/aromatic N) is 2. The first kappa shape index (κ1) is 17.7. The van der Waals surface area contributed by atoms with E-state index >= 15 is 0 Å². The number of benzene rings is 2. The summed E-state index contributed by atoms with van der Waals surface area (Å²) >= 11 is 0. The van der Waals surface area contributed by atoms with Crippen molar-refractivity contribution < 1.29 is 4.79 Å². The molecule has 0 aliphatic rings. The highest BCUT2D eigenvalue weighted by Crippen LogP contribution is 2.20. The highest BCUT2D eigenvalue weighted by atomic mass is 16.1. The number of aromatic nitrogens is 1. The third-order valence-electron chi connectivity index (χ3n) is 4.54. The lowest BCUT2D eigenvalue weighted by Crippen LogP contribution is -2.18. The van der Waals surface area contributed by atoms with Gasteiger partial charge in [0.25, 0.3) is 5.91 Å². The van der Waals surface area contributed by atoms with Gasteiger partial charge in [0.15, 0.2) is 0 Å². The molecule has 2 aromatic carbocycles. The lowest BCUT2D eigenvalue weighted by atomic mass is 10.1. The maximum absolute atomic E-state index is 12.6. The van der Waals surface area contributed by atoms with Gasteiger partial charge >= 0.3 is 0 Å². The van der Waals surface area contributed by atoms with Crippen LogP contribution in [0.4, 0.5) is 11.4 Å². The predicted molar refractivity (Wildman–Crippen MR) is 107 cm³/mol. The van der Waals surface area contributed by atoms with E-state index < -0.39 is 0 Å². The molecule has 1 N–H and O–H groups in total. The van der Waals surface area contributed by atoms with E-state index in [2.05, 4.69) is 27.3 Å². The van der Waals surface area contributed by atoms with Gasteiger partial charge in [-0.3, -0.25) is 9.78 Å². The molecule has 0 aliphatic carbocycles. The number of amides is 1. The first-order chi connectivity index (χ1) is 12.5. The highest BCUT2D eigenvalue weighted by molar-refractivity contribution is 6.05. The van der Waals surface area contributed by atoms with Crippen molar-refractivity contribution in [2.24, 2.45) is 0 Å². The van der Waals surface area contributed by atoms with Gasteiger partial charge in [-0.25, -0.2) is 0 Å². The lowest BCUT2D eigenvalue weighted by Gasteiger charge is -2.19. The van der Waals surface area contributed by atoms with Crippen molar-refractivity contribution in [3.05, 3.63) is 89.2 Å². The summed E-state index contributed by atoms with van der Waals surface area (Å²) < 4.78 is 0. The van der Waals surface area contributed by atoms with Crippen molar-refractivity contribution >= 4 is 17.3 Å². The van der Waals surface area contributed by atoms with Crippen LogP contribution in [-0.2, 0) is 6.54 Å². The monoisotopic (exact) mass is 345 g/mol. The fourth-order valence-electron chi connectivity index (χ4n) is 2.79. The zero-order chi connectivity index (χ0) is 18.5. The molecule has 1 aromatic heterocycles. The standard InChI is InChI=1S/C22H23N3O/c1-16-8-7-11-21(17(16)2)24-22(26)19-12-20(14-23-13-19)25(3)15-18-9-5-4-6-10-18/h4-14H,15H2,1-3H3,(H,24,26). The maximum Gasteiger partial charge on any atom is 0.257 e. The topological polar surface area (TPSA) is 45.2 Å². The molecule has 3 rings (SSSR count). The van der Waals surface area contributed by atoms with Gasteiger partial charge in [0.1, 0.15) is 0 Å². The molecule has 0 bridgehead atoms. The minimum Gasteiger partial charge on any atom is -0.369 e. The molecule has 26 heavy (non-hydrogen) atoms. The van der Waals surface area contributed by atoms with Gasteiger partial charge in [-0.15, -0.1) is 0 Å². The van der Waals surface area contributed by atoms with E-state index in [0.29, 0.717) is 5.56 Å². The number of carbonyl (C=O) groups excluding carboxylic acids is 1. The van der Waals surface area contributed by atoms with Gasteiger partial charge in [-0.05, 0) is 42.7 Å². The number of carbonyl (C=O) groups is 1. The minimum absolute atomic E-state index is 0.152. The Morgan fingerprint density at radius 2 is 1.81 bits per heavy atom. The van der Waals surface area contributed by atoms with E-state index in [9.17, 15) is 4.79 Å². The Labute approximate surface area is 154 Å². The summed E-state index contributed by atoms with van der Waals surface area (Å²) in [5, 5.41) is 2.99. The Hall–Kier alpha value is -3.14. The van der Waals surface area contributed by atoms with Crippen LogP contribution in [0.25, 0.3) is 0 Å². The number of aryl methyl sites for hydroxylation is 1. The second kappa shape index (κ2) is 7.83. The Morgan fingerprint density at radius 1 is 1.04 bits per heavy atom. The summed E-state index contributed by atoms with van der Waals surface area (Å²) in [6.45, 7) is 4.80. The molecule has 0 fully saturated rings. The van der Waals surface area contributed by atoms with Crippen LogP contribution in [0.3, 0.4) is 0 Å². The molecule has 0 radical (unpaired) electrons. The molecule has 3 aromatic rings. The van der Waals surface area contributed by atoms with Gasteiger partial charge in [0.2, 0.25) is 0 Å². The second-order valence-corrected chi connectivity index (χ2v) is 6.48. The SMILES string of the molecule is Cc1cccc(NC(=O)c2cncc(N(C)Cc3ccccc3)c2)c1C. The van der Waals surface area contributed by atoms with E-state index in [1.807, 2.05) is 63.4 Å². The molecular formula is C22H23N3O. The van der Waals surface area contributed by atoms with Crippen molar-refractivity contribution in [1.82, 2.24) is 4.98 Å². The van der Waals surface area contributed by atoms with Gasteiger partial charge in [-0.1, -0.05) is 42.5 Å². The van der Waals surface area contributed by atoms with Gasteiger partial charge in [-0.2, -0.15) is 0 Å². The van der Waals surface area contributed by atoms with Crippen molar-refractivity contribution in [3.8, 4) is 0 Å². The maximum atomic E-state index is 12.6. The summed E-state index contributed by atoms with van der Waals surface area (Å²) in [6.07, 6.45) is 3.37. The van der Waals surface area contributed by atoms with Crippen molar-refractivity contribution in [1.29, 1.82) is 0 Å². The summed E-state index contributed by atoms with van der Waals surface area (Å²) in [5.74, 6) is -0.152. The van der Waals surface area contributed by atoms with E-state index in [1.165, 1.54) is 5.56 Å². The zero-order valence-electron chi connectivity index (χ0n) is 15.4. The molecular weight excluding hydrogens is 322 g/mol. The Bertz CT molecular complexity index is 906. The fraction of sp³-hybridized carbons (Fsp3) is 0.182. The van der Waals surface area contributed by atoms with Crippen LogP contribution in [0.1, 0.15) is 27.0 Å². The van der Waals surface area contributed by atoms with Gasteiger partial charge < -0.3 is 10.2 Å². The highest BCUT2D eigenvalue weighted by Gasteiger charge is 2.11. The average Bonchev–Trinajstić information content (AvgIpc) is 2.66. The second-order valence-electron chi connectivity index (χ2n) is 6.48. The average molecular weight is 345 g/mol. The van der Waals surface area contributed by atoms with Crippen molar-refractivity contribution in [3.63, 3.8) is 0 Å². The normalized spacial score (nSPS) is 10.4. The third kappa shape index (κ3) is 4.09. The molecule has 132 valence electrons. The fourth-order valence-corrected chi connectivity index (χ4v) is 2.79. The molecule has 0 aliphatic heterocycles. The number of rotatable bonds is 5. The summed E-state index contributed by atoms with van der Waals surface area (Å²) in [6, 6.07) is 18.0. The molecule has 0 spiro atoms. The van der Waals surface area contributed by atoms with Gasteiger partial charge in [0.05, 0.1) is 17.4 Å².